The van der Waals surface area contributed by atoms with Crippen molar-refractivity contribution in [2.75, 3.05) is 0 Å². The van der Waals surface area contributed by atoms with Crippen LogP contribution in [0.5, 0.6) is 0 Å². The molecule has 0 N–H and O–H groups in total. The van der Waals surface area contributed by atoms with E-state index in [1.54, 1.807) is 0 Å². The molecule has 0 aliphatic heterocycles. The number of hydrogen-bond acceptors (Lipinski definition) is 3. The molecular formula is C12H15N3O. The smallest absolute Gasteiger partial charge is 0.267 e. The average Bonchev–Trinajstić information content (AvgIpc) is 2.15. The van der Waals surface area contributed by atoms with Crippen molar-refractivity contribution in [3.8, 4) is 0 Å². The second-order valence-corrected chi connectivity index (χ2v) is 4.37. The van der Waals surface area contributed by atoms with Gasteiger partial charge in [0.25, 0.3) is 5.56 Å². The predicted octanol–water partition coefficient (Wildman–Crippen LogP) is 1.83. The second kappa shape index (κ2) is 3.70. The summed E-state index contributed by atoms with van der Waals surface area (Å²) in [6.45, 7) is 7.94. The van der Waals surface area contributed by atoms with Crippen LogP contribution in [0, 0.1) is 13.8 Å². The summed E-state index contributed by atoms with van der Waals surface area (Å²) in [6.07, 6.45) is 0. The zero-order valence-corrected chi connectivity index (χ0v) is 9.98. The Bertz CT molecular complexity index is 599. The molecule has 2 rings (SSSR count). The molecule has 0 aromatic carbocycles. The molecule has 2 aromatic heterocycles. The van der Waals surface area contributed by atoms with E-state index in [9.17, 15) is 4.79 Å². The van der Waals surface area contributed by atoms with Crippen LogP contribution in [0.3, 0.4) is 0 Å². The Morgan fingerprint density at radius 1 is 1.25 bits per heavy atom. The molecule has 84 valence electrons. The summed E-state index contributed by atoms with van der Waals surface area (Å²) in [7, 11) is 0. The van der Waals surface area contributed by atoms with Gasteiger partial charge in [-0.1, -0.05) is 13.8 Å². The van der Waals surface area contributed by atoms with Crippen molar-refractivity contribution >= 4 is 5.65 Å². The second-order valence-electron chi connectivity index (χ2n) is 4.37. The summed E-state index contributed by atoms with van der Waals surface area (Å²) >= 11 is 0. The van der Waals surface area contributed by atoms with Gasteiger partial charge in [0.15, 0.2) is 5.65 Å². The van der Waals surface area contributed by atoms with Gasteiger partial charge < -0.3 is 0 Å². The van der Waals surface area contributed by atoms with E-state index in [-0.39, 0.29) is 5.56 Å². The van der Waals surface area contributed by atoms with Crippen molar-refractivity contribution < 1.29 is 0 Å². The van der Waals surface area contributed by atoms with Crippen LogP contribution in [0.1, 0.15) is 36.7 Å². The first-order valence-electron chi connectivity index (χ1n) is 5.37. The van der Waals surface area contributed by atoms with Gasteiger partial charge in [0.05, 0.1) is 5.69 Å². The number of nitrogens with zero attached hydrogens (tertiary/aromatic N) is 3. The van der Waals surface area contributed by atoms with Crippen molar-refractivity contribution in [2.24, 2.45) is 0 Å². The standard InChI is InChI=1S/C12H15N3O/c1-7(2)12-8(3)5-10-13-9(4)6-11(16)15(10)14-12/h5-7H,1-4H3. The van der Waals surface area contributed by atoms with Crippen LogP contribution in [-0.4, -0.2) is 14.6 Å². The Morgan fingerprint density at radius 3 is 2.56 bits per heavy atom. The molecule has 0 unspecified atom stereocenters. The molecule has 0 amide bonds. The van der Waals surface area contributed by atoms with Crippen LogP contribution >= 0.6 is 0 Å². The summed E-state index contributed by atoms with van der Waals surface area (Å²) in [5, 5.41) is 4.36. The summed E-state index contributed by atoms with van der Waals surface area (Å²) in [5.41, 5.74) is 3.24. The maximum absolute atomic E-state index is 11.7. The first-order valence-corrected chi connectivity index (χ1v) is 5.37. The van der Waals surface area contributed by atoms with Crippen LogP contribution in [0.25, 0.3) is 5.65 Å². The van der Waals surface area contributed by atoms with Crippen molar-refractivity contribution in [3.63, 3.8) is 0 Å². The molecule has 2 aromatic rings. The molecule has 0 radical (unpaired) electrons. The Hall–Kier alpha value is -1.71. The number of rotatable bonds is 1. The molecule has 4 heteroatoms. The SMILES string of the molecule is Cc1cc(=O)n2nc(C(C)C)c(C)cc2n1. The average molecular weight is 217 g/mol. The molecule has 0 fully saturated rings. The fourth-order valence-electron chi connectivity index (χ4n) is 1.83. The molecule has 0 saturated carbocycles. The molecule has 2 heterocycles. The van der Waals surface area contributed by atoms with Crippen molar-refractivity contribution in [1.29, 1.82) is 0 Å². The van der Waals surface area contributed by atoms with Crippen LogP contribution in [0.15, 0.2) is 16.9 Å². The molecule has 0 spiro atoms. The zero-order chi connectivity index (χ0) is 11.9. The van der Waals surface area contributed by atoms with Gasteiger partial charge in [-0.3, -0.25) is 4.79 Å². The van der Waals surface area contributed by atoms with E-state index >= 15 is 0 Å². The van der Waals surface area contributed by atoms with Crippen molar-refractivity contribution in [3.05, 3.63) is 39.4 Å². The van der Waals surface area contributed by atoms with E-state index in [4.69, 9.17) is 0 Å². The first kappa shape index (κ1) is 10.8. The lowest BCUT2D eigenvalue weighted by Crippen LogP contribution is -2.19. The quantitative estimate of drug-likeness (QED) is 0.732. The highest BCUT2D eigenvalue weighted by Crippen LogP contribution is 2.16. The summed E-state index contributed by atoms with van der Waals surface area (Å²) in [6, 6.07) is 3.41. The van der Waals surface area contributed by atoms with Crippen LogP contribution < -0.4 is 5.56 Å². The molecular weight excluding hydrogens is 202 g/mol. The van der Waals surface area contributed by atoms with Gasteiger partial charge in [-0.2, -0.15) is 9.61 Å². The lowest BCUT2D eigenvalue weighted by atomic mass is 10.1. The molecule has 0 aliphatic rings. The minimum Gasteiger partial charge on any atom is -0.267 e. The van der Waals surface area contributed by atoms with Crippen LogP contribution in [-0.2, 0) is 0 Å². The number of hydrogen-bond donors (Lipinski definition) is 0. The number of aromatic nitrogens is 3. The molecule has 0 saturated heterocycles. The van der Waals surface area contributed by atoms with E-state index < -0.39 is 0 Å². The maximum atomic E-state index is 11.7. The topological polar surface area (TPSA) is 47.3 Å². The van der Waals surface area contributed by atoms with Gasteiger partial charge in [0.2, 0.25) is 0 Å². The summed E-state index contributed by atoms with van der Waals surface area (Å²) in [5.74, 6) is 0.303. The van der Waals surface area contributed by atoms with Gasteiger partial charge in [0.1, 0.15) is 0 Å². The third-order valence-corrected chi connectivity index (χ3v) is 2.55. The van der Waals surface area contributed by atoms with Gasteiger partial charge in [0, 0.05) is 11.8 Å². The number of fused-ring (bicyclic) bond motifs is 1. The largest absolute Gasteiger partial charge is 0.274 e. The minimum atomic E-state index is -0.121. The lowest BCUT2D eigenvalue weighted by molar-refractivity contribution is 0.733. The molecule has 0 aliphatic carbocycles. The third kappa shape index (κ3) is 1.71. The lowest BCUT2D eigenvalue weighted by Gasteiger charge is -2.10. The van der Waals surface area contributed by atoms with Gasteiger partial charge in [-0.15, -0.1) is 0 Å². The highest BCUT2D eigenvalue weighted by molar-refractivity contribution is 5.41. The van der Waals surface area contributed by atoms with Crippen molar-refractivity contribution in [2.45, 2.75) is 33.6 Å². The molecule has 4 nitrogen and oxygen atoms in total. The highest BCUT2D eigenvalue weighted by Gasteiger charge is 2.09. The minimum absolute atomic E-state index is 0.121. The summed E-state index contributed by atoms with van der Waals surface area (Å²) in [4.78, 5) is 16.0. The Kier molecular flexibility index (Phi) is 2.50. The van der Waals surface area contributed by atoms with Gasteiger partial charge in [-0.25, -0.2) is 4.98 Å². The molecule has 0 atom stereocenters. The fourth-order valence-corrected chi connectivity index (χ4v) is 1.83. The van der Waals surface area contributed by atoms with Crippen LogP contribution in [0.4, 0.5) is 0 Å². The Morgan fingerprint density at radius 2 is 1.94 bits per heavy atom. The first-order chi connectivity index (χ1) is 7.49. The van der Waals surface area contributed by atoms with E-state index in [0.717, 1.165) is 17.0 Å². The fraction of sp³-hybridized carbons (Fsp3) is 0.417. The van der Waals surface area contributed by atoms with Gasteiger partial charge >= 0.3 is 0 Å². The predicted molar refractivity (Wildman–Crippen MR) is 62.8 cm³/mol. The number of aryl methyl sites for hydroxylation is 2. The normalized spacial score (nSPS) is 11.3. The van der Waals surface area contributed by atoms with E-state index in [2.05, 4.69) is 23.9 Å². The highest BCUT2D eigenvalue weighted by atomic mass is 16.1. The van der Waals surface area contributed by atoms with E-state index in [1.165, 1.54) is 10.6 Å². The van der Waals surface area contributed by atoms with Crippen LogP contribution in [0.2, 0.25) is 0 Å². The van der Waals surface area contributed by atoms with E-state index in [1.807, 2.05) is 19.9 Å². The Labute approximate surface area is 94.0 Å². The monoisotopic (exact) mass is 217 g/mol. The molecule has 0 bridgehead atoms. The maximum Gasteiger partial charge on any atom is 0.274 e. The molecule has 16 heavy (non-hydrogen) atoms. The van der Waals surface area contributed by atoms with E-state index in [0.29, 0.717) is 11.6 Å². The van der Waals surface area contributed by atoms with Gasteiger partial charge in [-0.05, 0) is 31.4 Å². The van der Waals surface area contributed by atoms with Crippen molar-refractivity contribution in [1.82, 2.24) is 14.6 Å². The Balaban J connectivity index is 2.85. The zero-order valence-electron chi connectivity index (χ0n) is 9.98. The third-order valence-electron chi connectivity index (χ3n) is 2.55. The summed E-state index contributed by atoms with van der Waals surface area (Å²) < 4.78 is 1.37.